The number of benzene rings is 2. The van der Waals surface area contributed by atoms with E-state index in [4.69, 9.17) is 5.73 Å². The molecular formula is C16H17BrN2O2. The average Bonchev–Trinajstić information content (AvgIpc) is 2.48. The molecule has 0 aliphatic heterocycles. The highest BCUT2D eigenvalue weighted by Crippen LogP contribution is 2.11. The fraction of sp³-hybridized carbons (Fsp3) is 0.188. The van der Waals surface area contributed by atoms with Crippen molar-refractivity contribution < 1.29 is 9.90 Å². The van der Waals surface area contributed by atoms with Crippen LogP contribution in [0.15, 0.2) is 53.0 Å². The number of aliphatic hydroxyl groups excluding tert-OH is 1. The van der Waals surface area contributed by atoms with E-state index in [0.717, 1.165) is 16.5 Å². The van der Waals surface area contributed by atoms with Gasteiger partial charge in [0.05, 0.1) is 0 Å². The van der Waals surface area contributed by atoms with E-state index in [9.17, 15) is 9.90 Å². The number of hydrogen-bond acceptors (Lipinski definition) is 3. The molecule has 0 spiro atoms. The molecule has 2 rings (SSSR count). The number of nitrogens with one attached hydrogen (secondary N) is 1. The molecule has 4 nitrogen and oxygen atoms in total. The first-order chi connectivity index (χ1) is 10.1. The minimum atomic E-state index is -0.948. The first-order valence-corrected chi connectivity index (χ1v) is 7.42. The summed E-state index contributed by atoms with van der Waals surface area (Å²) < 4.78 is 0.946. The van der Waals surface area contributed by atoms with E-state index in [0.29, 0.717) is 17.7 Å². The van der Waals surface area contributed by atoms with Gasteiger partial charge in [-0.25, -0.2) is 0 Å². The van der Waals surface area contributed by atoms with E-state index < -0.39 is 6.23 Å². The van der Waals surface area contributed by atoms with Gasteiger partial charge in [0.25, 0.3) is 5.91 Å². The molecule has 0 aromatic heterocycles. The predicted octanol–water partition coefficient (Wildman–Crippen LogP) is 2.37. The SMILES string of the molecule is NC(O)c1ccc(CCNC(=O)c2ccc(Br)cc2)cc1. The smallest absolute Gasteiger partial charge is 0.251 e. The van der Waals surface area contributed by atoms with Crippen molar-refractivity contribution in [3.63, 3.8) is 0 Å². The van der Waals surface area contributed by atoms with Crippen molar-refractivity contribution >= 4 is 21.8 Å². The maximum absolute atomic E-state index is 11.9. The minimum Gasteiger partial charge on any atom is -0.375 e. The molecule has 0 aliphatic rings. The fourth-order valence-corrected chi connectivity index (χ4v) is 2.17. The highest BCUT2D eigenvalue weighted by atomic mass is 79.9. The molecule has 4 N–H and O–H groups in total. The van der Waals surface area contributed by atoms with Gasteiger partial charge in [-0.15, -0.1) is 0 Å². The van der Waals surface area contributed by atoms with Gasteiger partial charge in [0, 0.05) is 16.6 Å². The monoisotopic (exact) mass is 348 g/mol. The number of amides is 1. The summed E-state index contributed by atoms with van der Waals surface area (Å²) in [6.45, 7) is 0.555. The molecule has 0 heterocycles. The zero-order valence-electron chi connectivity index (χ0n) is 11.4. The van der Waals surface area contributed by atoms with E-state index in [1.165, 1.54) is 0 Å². The molecule has 1 unspecified atom stereocenters. The molecular weight excluding hydrogens is 332 g/mol. The lowest BCUT2D eigenvalue weighted by Gasteiger charge is -2.08. The van der Waals surface area contributed by atoms with Crippen LogP contribution in [-0.2, 0) is 6.42 Å². The Labute approximate surface area is 132 Å². The molecule has 0 fully saturated rings. The Morgan fingerprint density at radius 3 is 2.33 bits per heavy atom. The molecule has 1 amide bonds. The molecule has 1 atom stereocenters. The maximum atomic E-state index is 11.9. The Balaban J connectivity index is 1.83. The quantitative estimate of drug-likeness (QED) is 0.726. The summed E-state index contributed by atoms with van der Waals surface area (Å²) in [6.07, 6.45) is -0.223. The van der Waals surface area contributed by atoms with Crippen molar-refractivity contribution in [2.75, 3.05) is 6.54 Å². The molecule has 0 radical (unpaired) electrons. The predicted molar refractivity (Wildman–Crippen MR) is 85.8 cm³/mol. The molecule has 0 saturated carbocycles. The first-order valence-electron chi connectivity index (χ1n) is 6.62. The van der Waals surface area contributed by atoms with E-state index in [2.05, 4.69) is 21.2 Å². The number of rotatable bonds is 5. The second kappa shape index (κ2) is 7.36. The number of aliphatic hydroxyl groups is 1. The van der Waals surface area contributed by atoms with Crippen LogP contribution in [0.3, 0.4) is 0 Å². The van der Waals surface area contributed by atoms with Crippen LogP contribution in [0, 0.1) is 0 Å². The van der Waals surface area contributed by atoms with Gasteiger partial charge in [0.15, 0.2) is 0 Å². The van der Waals surface area contributed by atoms with Gasteiger partial charge < -0.3 is 16.2 Å². The summed E-state index contributed by atoms with van der Waals surface area (Å²) in [4.78, 5) is 11.9. The Morgan fingerprint density at radius 1 is 1.14 bits per heavy atom. The lowest BCUT2D eigenvalue weighted by atomic mass is 10.1. The van der Waals surface area contributed by atoms with Crippen molar-refractivity contribution in [3.05, 3.63) is 69.7 Å². The summed E-state index contributed by atoms with van der Waals surface area (Å²) in [6, 6.07) is 14.6. The Kier molecular flexibility index (Phi) is 5.50. The largest absolute Gasteiger partial charge is 0.375 e. The zero-order chi connectivity index (χ0) is 15.2. The topological polar surface area (TPSA) is 75.3 Å². The van der Waals surface area contributed by atoms with Gasteiger partial charge in [-0.05, 0) is 41.8 Å². The zero-order valence-corrected chi connectivity index (χ0v) is 13.0. The van der Waals surface area contributed by atoms with E-state index in [1.807, 2.05) is 24.3 Å². The van der Waals surface area contributed by atoms with Crippen molar-refractivity contribution in [1.82, 2.24) is 5.32 Å². The molecule has 2 aromatic rings. The van der Waals surface area contributed by atoms with Crippen molar-refractivity contribution in [1.29, 1.82) is 0 Å². The number of halogens is 1. The summed E-state index contributed by atoms with van der Waals surface area (Å²) in [5.41, 5.74) is 7.77. The molecule has 21 heavy (non-hydrogen) atoms. The maximum Gasteiger partial charge on any atom is 0.251 e. The summed E-state index contributed by atoms with van der Waals surface area (Å²) >= 11 is 3.34. The van der Waals surface area contributed by atoms with Crippen molar-refractivity contribution in [3.8, 4) is 0 Å². The van der Waals surface area contributed by atoms with Gasteiger partial charge in [-0.1, -0.05) is 40.2 Å². The number of carbonyl (C=O) groups excluding carboxylic acids is 1. The molecule has 0 aliphatic carbocycles. The van der Waals surface area contributed by atoms with Crippen LogP contribution >= 0.6 is 15.9 Å². The third-order valence-electron chi connectivity index (χ3n) is 3.13. The lowest BCUT2D eigenvalue weighted by molar-refractivity contribution is 0.0954. The third kappa shape index (κ3) is 4.67. The second-order valence-electron chi connectivity index (χ2n) is 4.70. The highest BCUT2D eigenvalue weighted by molar-refractivity contribution is 9.10. The molecule has 0 bridgehead atoms. The molecule has 110 valence electrons. The van der Waals surface area contributed by atoms with Crippen LogP contribution in [0.4, 0.5) is 0 Å². The first kappa shape index (κ1) is 15.7. The van der Waals surface area contributed by atoms with Crippen molar-refractivity contribution in [2.45, 2.75) is 12.6 Å². The number of hydrogen-bond donors (Lipinski definition) is 3. The Morgan fingerprint density at radius 2 is 1.76 bits per heavy atom. The van der Waals surface area contributed by atoms with Gasteiger partial charge >= 0.3 is 0 Å². The highest BCUT2D eigenvalue weighted by Gasteiger charge is 2.05. The molecule has 2 aromatic carbocycles. The van der Waals surface area contributed by atoms with Crippen LogP contribution in [0.25, 0.3) is 0 Å². The summed E-state index contributed by atoms with van der Waals surface area (Å²) in [7, 11) is 0. The normalized spacial score (nSPS) is 12.0. The third-order valence-corrected chi connectivity index (χ3v) is 3.66. The lowest BCUT2D eigenvalue weighted by Crippen LogP contribution is -2.25. The number of nitrogens with two attached hydrogens (primary N) is 1. The van der Waals surface area contributed by atoms with Crippen LogP contribution < -0.4 is 11.1 Å². The number of carbonyl (C=O) groups is 1. The van der Waals surface area contributed by atoms with Crippen LogP contribution in [0.1, 0.15) is 27.7 Å². The van der Waals surface area contributed by atoms with Crippen LogP contribution in [0.2, 0.25) is 0 Å². The second-order valence-corrected chi connectivity index (χ2v) is 5.61. The minimum absolute atomic E-state index is 0.0866. The van der Waals surface area contributed by atoms with Gasteiger partial charge in [0.2, 0.25) is 0 Å². The van der Waals surface area contributed by atoms with Gasteiger partial charge in [-0.2, -0.15) is 0 Å². The van der Waals surface area contributed by atoms with Crippen LogP contribution in [0.5, 0.6) is 0 Å². The molecule has 5 heteroatoms. The van der Waals surface area contributed by atoms with E-state index in [1.54, 1.807) is 24.3 Å². The van der Waals surface area contributed by atoms with E-state index in [-0.39, 0.29) is 5.91 Å². The summed E-state index contributed by atoms with van der Waals surface area (Å²) in [5.74, 6) is -0.0866. The standard InChI is InChI=1S/C16H17BrN2O2/c17-14-7-5-13(6-8-14)16(21)19-10-9-11-1-3-12(4-2-11)15(18)20/h1-8,15,20H,9-10,18H2,(H,19,21). The van der Waals surface area contributed by atoms with E-state index >= 15 is 0 Å². The average molecular weight is 349 g/mol. The fourth-order valence-electron chi connectivity index (χ4n) is 1.91. The summed E-state index contributed by atoms with van der Waals surface area (Å²) in [5, 5.41) is 12.1. The van der Waals surface area contributed by atoms with Crippen LogP contribution in [-0.4, -0.2) is 17.6 Å². The van der Waals surface area contributed by atoms with Crippen molar-refractivity contribution in [2.24, 2.45) is 5.73 Å². The Bertz CT molecular complexity index is 595. The molecule has 0 saturated heterocycles. The van der Waals surface area contributed by atoms with Gasteiger partial charge in [0.1, 0.15) is 6.23 Å². The Hall–Kier alpha value is -1.69. The van der Waals surface area contributed by atoms with Gasteiger partial charge in [-0.3, -0.25) is 4.79 Å².